The molecule has 88 valence electrons. The maximum absolute atomic E-state index is 13.1. The molecule has 1 N–H and O–H groups in total. The van der Waals surface area contributed by atoms with Crippen molar-refractivity contribution in [3.63, 3.8) is 0 Å². The molecule has 0 saturated heterocycles. The van der Waals surface area contributed by atoms with E-state index in [0.29, 0.717) is 11.5 Å². The molecule has 0 atom stereocenters. The molecule has 0 aromatic heterocycles. The fraction of sp³-hybridized carbons (Fsp3) is 0.0769. The monoisotopic (exact) mass is 236 g/mol. The SMILES string of the molecule is OCc1cc(Oc2ccc(F)cc2)ccc1F. The number of hydrogen-bond acceptors (Lipinski definition) is 2. The lowest BCUT2D eigenvalue weighted by atomic mass is 10.2. The minimum Gasteiger partial charge on any atom is -0.457 e. The average molecular weight is 236 g/mol. The Bertz CT molecular complexity index is 509. The van der Waals surface area contributed by atoms with Crippen molar-refractivity contribution in [3.8, 4) is 11.5 Å². The van der Waals surface area contributed by atoms with Gasteiger partial charge in [0.2, 0.25) is 0 Å². The molecule has 0 bridgehead atoms. The molecule has 0 amide bonds. The molecule has 2 aromatic carbocycles. The molecule has 0 aliphatic rings. The van der Waals surface area contributed by atoms with Crippen molar-refractivity contribution in [2.24, 2.45) is 0 Å². The van der Waals surface area contributed by atoms with E-state index in [4.69, 9.17) is 9.84 Å². The first kappa shape index (κ1) is 11.5. The Morgan fingerprint density at radius 1 is 0.941 bits per heavy atom. The van der Waals surface area contributed by atoms with Gasteiger partial charge in [-0.3, -0.25) is 0 Å². The summed E-state index contributed by atoms with van der Waals surface area (Å²) in [5.41, 5.74) is 0.157. The molecule has 4 heteroatoms. The summed E-state index contributed by atoms with van der Waals surface area (Å²) in [5.74, 6) is -0.00424. The minimum atomic E-state index is -0.487. The van der Waals surface area contributed by atoms with E-state index in [1.165, 1.54) is 42.5 Å². The molecule has 2 aromatic rings. The topological polar surface area (TPSA) is 29.5 Å². The quantitative estimate of drug-likeness (QED) is 0.886. The Balaban J connectivity index is 2.21. The maximum Gasteiger partial charge on any atom is 0.128 e. The number of ether oxygens (including phenoxy) is 1. The highest BCUT2D eigenvalue weighted by molar-refractivity contribution is 5.34. The molecule has 0 aliphatic heterocycles. The molecule has 0 unspecified atom stereocenters. The van der Waals surface area contributed by atoms with Gasteiger partial charge >= 0.3 is 0 Å². The molecule has 0 aliphatic carbocycles. The van der Waals surface area contributed by atoms with Crippen LogP contribution in [0.25, 0.3) is 0 Å². The van der Waals surface area contributed by atoms with Crippen LogP contribution < -0.4 is 4.74 Å². The lowest BCUT2D eigenvalue weighted by Crippen LogP contribution is -1.91. The van der Waals surface area contributed by atoms with Crippen molar-refractivity contribution in [2.45, 2.75) is 6.61 Å². The number of halogens is 2. The van der Waals surface area contributed by atoms with Crippen LogP contribution in [-0.4, -0.2) is 5.11 Å². The predicted octanol–water partition coefficient (Wildman–Crippen LogP) is 3.25. The average Bonchev–Trinajstić information content (AvgIpc) is 2.34. The van der Waals surface area contributed by atoms with Gasteiger partial charge in [-0.1, -0.05) is 0 Å². The first-order valence-corrected chi connectivity index (χ1v) is 5.02. The Hall–Kier alpha value is -1.94. The van der Waals surface area contributed by atoms with Crippen LogP contribution in [-0.2, 0) is 6.61 Å². The second kappa shape index (κ2) is 4.93. The van der Waals surface area contributed by atoms with Gasteiger partial charge < -0.3 is 9.84 Å². The second-order valence-electron chi connectivity index (χ2n) is 3.47. The van der Waals surface area contributed by atoms with E-state index in [0.717, 1.165) is 0 Å². The Kier molecular flexibility index (Phi) is 3.35. The van der Waals surface area contributed by atoms with E-state index >= 15 is 0 Å². The summed E-state index contributed by atoms with van der Waals surface area (Å²) in [6.07, 6.45) is 0. The van der Waals surface area contributed by atoms with Crippen molar-refractivity contribution < 1.29 is 18.6 Å². The molecule has 0 saturated carbocycles. The molecule has 17 heavy (non-hydrogen) atoms. The minimum absolute atomic E-state index is 0.157. The molecule has 2 nitrogen and oxygen atoms in total. The van der Waals surface area contributed by atoms with Crippen molar-refractivity contribution in [1.82, 2.24) is 0 Å². The van der Waals surface area contributed by atoms with Gasteiger partial charge in [-0.25, -0.2) is 8.78 Å². The Morgan fingerprint density at radius 3 is 2.24 bits per heavy atom. The van der Waals surface area contributed by atoms with Crippen molar-refractivity contribution in [3.05, 3.63) is 59.7 Å². The van der Waals surface area contributed by atoms with Crippen LogP contribution in [0.1, 0.15) is 5.56 Å². The van der Waals surface area contributed by atoms with E-state index in [1.807, 2.05) is 0 Å². The summed E-state index contributed by atoms with van der Waals surface area (Å²) in [6, 6.07) is 9.53. The largest absolute Gasteiger partial charge is 0.457 e. The van der Waals surface area contributed by atoms with Gasteiger partial charge in [0.25, 0.3) is 0 Å². The van der Waals surface area contributed by atoms with Crippen LogP contribution in [0.4, 0.5) is 8.78 Å². The van der Waals surface area contributed by atoms with E-state index in [1.54, 1.807) is 0 Å². The van der Waals surface area contributed by atoms with Gasteiger partial charge in [0.1, 0.15) is 23.1 Å². The van der Waals surface area contributed by atoms with E-state index in [9.17, 15) is 8.78 Å². The van der Waals surface area contributed by atoms with Crippen LogP contribution in [0.3, 0.4) is 0 Å². The zero-order valence-corrected chi connectivity index (χ0v) is 8.86. The van der Waals surface area contributed by atoms with E-state index < -0.39 is 12.4 Å². The highest BCUT2D eigenvalue weighted by Gasteiger charge is 2.04. The van der Waals surface area contributed by atoms with E-state index in [2.05, 4.69) is 0 Å². The first-order chi connectivity index (χ1) is 8.19. The fourth-order valence-electron chi connectivity index (χ4n) is 1.37. The van der Waals surface area contributed by atoms with Crippen LogP contribution in [0.15, 0.2) is 42.5 Å². The zero-order chi connectivity index (χ0) is 12.3. The molecule has 2 rings (SSSR count). The number of aliphatic hydroxyl groups excluding tert-OH is 1. The molecule has 0 radical (unpaired) electrons. The maximum atomic E-state index is 13.1. The summed E-state index contributed by atoms with van der Waals surface area (Å²) in [4.78, 5) is 0. The van der Waals surface area contributed by atoms with Gasteiger partial charge in [-0.2, -0.15) is 0 Å². The number of aliphatic hydroxyl groups is 1. The summed E-state index contributed by atoms with van der Waals surface area (Å²) in [7, 11) is 0. The fourth-order valence-corrected chi connectivity index (χ4v) is 1.37. The van der Waals surface area contributed by atoms with Gasteiger partial charge in [-0.15, -0.1) is 0 Å². The van der Waals surface area contributed by atoms with Crippen LogP contribution in [0.5, 0.6) is 11.5 Å². The van der Waals surface area contributed by atoms with E-state index in [-0.39, 0.29) is 11.4 Å². The van der Waals surface area contributed by atoms with Gasteiger partial charge in [-0.05, 0) is 42.5 Å². The van der Waals surface area contributed by atoms with Gasteiger partial charge in [0.15, 0.2) is 0 Å². The highest BCUT2D eigenvalue weighted by atomic mass is 19.1. The first-order valence-electron chi connectivity index (χ1n) is 5.02. The third-order valence-electron chi connectivity index (χ3n) is 2.24. The molecule has 0 spiro atoms. The van der Waals surface area contributed by atoms with Gasteiger partial charge in [0, 0.05) is 5.56 Å². The van der Waals surface area contributed by atoms with Crippen LogP contribution in [0.2, 0.25) is 0 Å². The summed E-state index contributed by atoms with van der Waals surface area (Å²) >= 11 is 0. The molecule has 0 heterocycles. The summed E-state index contributed by atoms with van der Waals surface area (Å²) in [6.45, 7) is -0.396. The second-order valence-corrected chi connectivity index (χ2v) is 3.47. The molecular weight excluding hydrogens is 226 g/mol. The standard InChI is InChI=1S/C13H10F2O2/c14-10-1-3-11(4-2-10)17-12-5-6-13(15)9(7-12)8-16/h1-7,16H,8H2. The lowest BCUT2D eigenvalue weighted by molar-refractivity contribution is 0.275. The number of hydrogen-bond donors (Lipinski definition) is 1. The Labute approximate surface area is 97.1 Å². The number of benzene rings is 2. The summed E-state index contributed by atoms with van der Waals surface area (Å²) in [5, 5.41) is 8.90. The zero-order valence-electron chi connectivity index (χ0n) is 8.86. The molecule has 0 fully saturated rings. The summed E-state index contributed by atoms with van der Waals surface area (Å²) < 4.78 is 31.1. The van der Waals surface area contributed by atoms with Crippen molar-refractivity contribution in [1.29, 1.82) is 0 Å². The predicted molar refractivity (Wildman–Crippen MR) is 58.8 cm³/mol. The van der Waals surface area contributed by atoms with Crippen LogP contribution >= 0.6 is 0 Å². The number of rotatable bonds is 3. The smallest absolute Gasteiger partial charge is 0.128 e. The normalized spacial score (nSPS) is 10.3. The van der Waals surface area contributed by atoms with Crippen LogP contribution in [0, 0.1) is 11.6 Å². The third-order valence-corrected chi connectivity index (χ3v) is 2.24. The third kappa shape index (κ3) is 2.79. The lowest BCUT2D eigenvalue weighted by Gasteiger charge is -2.07. The van der Waals surface area contributed by atoms with Gasteiger partial charge in [0.05, 0.1) is 6.61 Å². The van der Waals surface area contributed by atoms with Crippen molar-refractivity contribution in [2.75, 3.05) is 0 Å². The Morgan fingerprint density at radius 2 is 1.59 bits per heavy atom. The highest BCUT2D eigenvalue weighted by Crippen LogP contribution is 2.23. The molecular formula is C13H10F2O2. The van der Waals surface area contributed by atoms with Crippen molar-refractivity contribution >= 4 is 0 Å².